The number of ether oxygens (including phenoxy) is 1. The van der Waals surface area contributed by atoms with Crippen LogP contribution < -0.4 is 10.5 Å². The third kappa shape index (κ3) is 3.27. The van der Waals surface area contributed by atoms with E-state index in [1.807, 2.05) is 18.2 Å². The highest BCUT2D eigenvalue weighted by atomic mass is 16.5. The number of benzene rings is 2. The lowest BCUT2D eigenvalue weighted by molar-refractivity contribution is 0.250. The van der Waals surface area contributed by atoms with Gasteiger partial charge in [0.15, 0.2) is 0 Å². The van der Waals surface area contributed by atoms with Gasteiger partial charge in [-0.2, -0.15) is 0 Å². The van der Waals surface area contributed by atoms with Gasteiger partial charge in [0.2, 0.25) is 0 Å². The van der Waals surface area contributed by atoms with Crippen LogP contribution in [0.4, 0.5) is 0 Å². The Labute approximate surface area is 115 Å². The Kier molecular flexibility index (Phi) is 4.80. The van der Waals surface area contributed by atoms with Crippen LogP contribution in [0.25, 0.3) is 10.8 Å². The SMILES string of the molecule is CCCC(C)COc1ccc2ccccc2c1CN. The Morgan fingerprint density at radius 1 is 1.16 bits per heavy atom. The highest BCUT2D eigenvalue weighted by Gasteiger charge is 2.09. The number of rotatable bonds is 6. The molecule has 2 nitrogen and oxygen atoms in total. The summed E-state index contributed by atoms with van der Waals surface area (Å²) in [5.41, 5.74) is 7.01. The van der Waals surface area contributed by atoms with Crippen LogP contribution in [0.3, 0.4) is 0 Å². The smallest absolute Gasteiger partial charge is 0.124 e. The predicted molar refractivity (Wildman–Crippen MR) is 81.4 cm³/mol. The summed E-state index contributed by atoms with van der Waals surface area (Å²) in [6, 6.07) is 12.5. The van der Waals surface area contributed by atoms with E-state index in [1.54, 1.807) is 0 Å². The van der Waals surface area contributed by atoms with Crippen molar-refractivity contribution in [3.05, 3.63) is 42.0 Å². The van der Waals surface area contributed by atoms with Crippen molar-refractivity contribution >= 4 is 10.8 Å². The lowest BCUT2D eigenvalue weighted by atomic mass is 10.0. The Morgan fingerprint density at radius 3 is 2.68 bits per heavy atom. The quantitative estimate of drug-likeness (QED) is 0.845. The first kappa shape index (κ1) is 13.9. The van der Waals surface area contributed by atoms with Crippen molar-refractivity contribution in [3.63, 3.8) is 0 Å². The van der Waals surface area contributed by atoms with Gasteiger partial charge in [-0.1, -0.05) is 50.6 Å². The molecule has 0 aliphatic heterocycles. The van der Waals surface area contributed by atoms with Crippen molar-refractivity contribution in [1.29, 1.82) is 0 Å². The average Bonchev–Trinajstić information content (AvgIpc) is 2.44. The summed E-state index contributed by atoms with van der Waals surface area (Å²) >= 11 is 0. The zero-order valence-electron chi connectivity index (χ0n) is 11.9. The molecule has 0 aromatic heterocycles. The van der Waals surface area contributed by atoms with Gasteiger partial charge < -0.3 is 10.5 Å². The minimum Gasteiger partial charge on any atom is -0.493 e. The lowest BCUT2D eigenvalue weighted by Gasteiger charge is -2.16. The molecule has 2 rings (SSSR count). The van der Waals surface area contributed by atoms with E-state index in [0.29, 0.717) is 12.5 Å². The molecule has 0 bridgehead atoms. The van der Waals surface area contributed by atoms with Crippen molar-refractivity contribution in [2.24, 2.45) is 11.7 Å². The van der Waals surface area contributed by atoms with Crippen LogP contribution in [-0.4, -0.2) is 6.61 Å². The fourth-order valence-electron chi connectivity index (χ4n) is 2.47. The van der Waals surface area contributed by atoms with E-state index in [4.69, 9.17) is 10.5 Å². The molecule has 0 amide bonds. The fraction of sp³-hybridized carbons (Fsp3) is 0.412. The van der Waals surface area contributed by atoms with Gasteiger partial charge in [0.1, 0.15) is 5.75 Å². The third-order valence-corrected chi connectivity index (χ3v) is 3.51. The molecule has 0 radical (unpaired) electrons. The summed E-state index contributed by atoms with van der Waals surface area (Å²) in [4.78, 5) is 0. The number of hydrogen-bond acceptors (Lipinski definition) is 2. The fourth-order valence-corrected chi connectivity index (χ4v) is 2.47. The Hall–Kier alpha value is -1.54. The molecule has 19 heavy (non-hydrogen) atoms. The maximum absolute atomic E-state index is 5.97. The van der Waals surface area contributed by atoms with Gasteiger partial charge in [0.25, 0.3) is 0 Å². The topological polar surface area (TPSA) is 35.2 Å². The zero-order chi connectivity index (χ0) is 13.7. The lowest BCUT2D eigenvalue weighted by Crippen LogP contribution is -2.10. The van der Waals surface area contributed by atoms with Gasteiger partial charge in [0, 0.05) is 12.1 Å². The summed E-state index contributed by atoms with van der Waals surface area (Å²) in [6.07, 6.45) is 2.40. The minimum absolute atomic E-state index is 0.513. The zero-order valence-corrected chi connectivity index (χ0v) is 11.9. The highest BCUT2D eigenvalue weighted by Crippen LogP contribution is 2.28. The van der Waals surface area contributed by atoms with Crippen molar-refractivity contribution in [1.82, 2.24) is 0 Å². The summed E-state index contributed by atoms with van der Waals surface area (Å²) in [7, 11) is 0. The number of fused-ring (bicyclic) bond motifs is 1. The van der Waals surface area contributed by atoms with E-state index in [-0.39, 0.29) is 0 Å². The summed E-state index contributed by atoms with van der Waals surface area (Å²) in [6.45, 7) is 5.71. The van der Waals surface area contributed by atoms with E-state index in [0.717, 1.165) is 17.9 Å². The van der Waals surface area contributed by atoms with Crippen molar-refractivity contribution < 1.29 is 4.74 Å². The van der Waals surface area contributed by atoms with Crippen molar-refractivity contribution in [2.75, 3.05) is 6.61 Å². The molecule has 2 N–H and O–H groups in total. The van der Waals surface area contributed by atoms with Crippen molar-refractivity contribution in [2.45, 2.75) is 33.2 Å². The van der Waals surface area contributed by atoms with E-state index < -0.39 is 0 Å². The molecule has 2 aromatic rings. The molecule has 0 fully saturated rings. The molecular formula is C17H23NO. The summed E-state index contributed by atoms with van der Waals surface area (Å²) in [5, 5.41) is 2.42. The second-order valence-electron chi connectivity index (χ2n) is 5.17. The summed E-state index contributed by atoms with van der Waals surface area (Å²) < 4.78 is 5.97. The normalized spacial score (nSPS) is 12.6. The number of nitrogens with two attached hydrogens (primary N) is 1. The number of hydrogen-bond donors (Lipinski definition) is 1. The Balaban J connectivity index is 2.23. The first-order valence-corrected chi connectivity index (χ1v) is 7.09. The van der Waals surface area contributed by atoms with Gasteiger partial charge in [0.05, 0.1) is 6.61 Å². The van der Waals surface area contributed by atoms with Crippen LogP contribution in [0.1, 0.15) is 32.3 Å². The van der Waals surface area contributed by atoms with E-state index in [1.165, 1.54) is 23.6 Å². The van der Waals surface area contributed by atoms with Crippen molar-refractivity contribution in [3.8, 4) is 5.75 Å². The van der Waals surface area contributed by atoms with E-state index in [9.17, 15) is 0 Å². The Morgan fingerprint density at radius 2 is 1.95 bits per heavy atom. The Bertz CT molecular complexity index is 536. The molecule has 0 aliphatic rings. The minimum atomic E-state index is 0.513. The molecular weight excluding hydrogens is 234 g/mol. The first-order chi connectivity index (χ1) is 9.26. The monoisotopic (exact) mass is 257 g/mol. The van der Waals surface area contributed by atoms with Gasteiger partial charge >= 0.3 is 0 Å². The van der Waals surface area contributed by atoms with Gasteiger partial charge in [-0.15, -0.1) is 0 Å². The second-order valence-corrected chi connectivity index (χ2v) is 5.17. The van der Waals surface area contributed by atoms with Gasteiger partial charge in [-0.3, -0.25) is 0 Å². The molecule has 1 unspecified atom stereocenters. The van der Waals surface area contributed by atoms with Crippen LogP contribution in [-0.2, 0) is 6.54 Å². The summed E-state index contributed by atoms with van der Waals surface area (Å²) in [5.74, 6) is 1.52. The standard InChI is InChI=1S/C17H23NO/c1-3-6-13(2)12-19-17-10-9-14-7-4-5-8-15(14)16(17)11-18/h4-5,7-10,13H,3,6,11-12,18H2,1-2H3. The molecule has 0 saturated carbocycles. The molecule has 0 saturated heterocycles. The molecule has 2 aromatic carbocycles. The van der Waals surface area contributed by atoms with E-state index in [2.05, 4.69) is 32.0 Å². The van der Waals surface area contributed by atoms with Gasteiger partial charge in [-0.25, -0.2) is 0 Å². The van der Waals surface area contributed by atoms with Gasteiger partial charge in [-0.05, 0) is 29.2 Å². The van der Waals surface area contributed by atoms with Crippen LogP contribution in [0.5, 0.6) is 5.75 Å². The highest BCUT2D eigenvalue weighted by molar-refractivity contribution is 5.87. The predicted octanol–water partition coefficient (Wildman–Crippen LogP) is 4.11. The van der Waals surface area contributed by atoms with Crippen LogP contribution in [0.2, 0.25) is 0 Å². The van der Waals surface area contributed by atoms with Crippen LogP contribution in [0, 0.1) is 5.92 Å². The molecule has 2 heteroatoms. The molecule has 1 atom stereocenters. The third-order valence-electron chi connectivity index (χ3n) is 3.51. The molecule has 0 aliphatic carbocycles. The van der Waals surface area contributed by atoms with E-state index >= 15 is 0 Å². The first-order valence-electron chi connectivity index (χ1n) is 7.09. The average molecular weight is 257 g/mol. The maximum Gasteiger partial charge on any atom is 0.124 e. The molecule has 102 valence electrons. The van der Waals surface area contributed by atoms with Crippen LogP contribution in [0.15, 0.2) is 36.4 Å². The largest absolute Gasteiger partial charge is 0.493 e. The molecule has 0 spiro atoms. The van der Waals surface area contributed by atoms with Crippen LogP contribution >= 0.6 is 0 Å². The maximum atomic E-state index is 5.97. The second kappa shape index (κ2) is 6.58. The molecule has 0 heterocycles.